The van der Waals surface area contributed by atoms with Crippen molar-refractivity contribution in [2.24, 2.45) is 0 Å². The molecule has 0 fully saturated rings. The minimum atomic E-state index is -1.28. The SMILES string of the molecule is C=C/C=C(\C=C/C)c1cc2ccccc2cc1-c1c2ccccc2c(-c2cc3ccccc3cc2-c2ccccc2)c2cc3c(cc12)S(C)(C)c1ccccc1-3. The Morgan fingerprint density at radius 2 is 1.00 bits per heavy atom. The van der Waals surface area contributed by atoms with Gasteiger partial charge in [0.2, 0.25) is 0 Å². The third-order valence-electron chi connectivity index (χ3n) is 11.8. The second-order valence-electron chi connectivity index (χ2n) is 15.2. The molecule has 0 aromatic heterocycles. The molecular formula is C55H42S. The van der Waals surface area contributed by atoms with Crippen LogP contribution < -0.4 is 0 Å². The maximum atomic E-state index is 4.14. The zero-order valence-electron chi connectivity index (χ0n) is 32.0. The van der Waals surface area contributed by atoms with Crippen LogP contribution in [0.5, 0.6) is 0 Å². The van der Waals surface area contributed by atoms with Crippen LogP contribution in [0.15, 0.2) is 204 Å². The average molecular weight is 735 g/mol. The Balaban J connectivity index is 1.44. The number of allylic oxidation sites excluding steroid dienone is 5. The maximum absolute atomic E-state index is 4.14. The minimum Gasteiger partial charge on any atom is -0.192 e. The molecule has 0 amide bonds. The summed E-state index contributed by atoms with van der Waals surface area (Å²) in [5.74, 6) is 0. The van der Waals surface area contributed by atoms with Crippen LogP contribution in [0.1, 0.15) is 12.5 Å². The van der Waals surface area contributed by atoms with Crippen molar-refractivity contribution in [3.05, 3.63) is 200 Å². The molecule has 1 heteroatoms. The first-order chi connectivity index (χ1) is 27.5. The van der Waals surface area contributed by atoms with Gasteiger partial charge in [0.05, 0.1) is 0 Å². The summed E-state index contributed by atoms with van der Waals surface area (Å²) in [5, 5.41) is 9.99. The highest BCUT2D eigenvalue weighted by molar-refractivity contribution is 8.33. The van der Waals surface area contributed by atoms with Crippen molar-refractivity contribution in [1.29, 1.82) is 0 Å². The summed E-state index contributed by atoms with van der Waals surface area (Å²) in [6.45, 7) is 6.23. The molecule has 0 aliphatic carbocycles. The van der Waals surface area contributed by atoms with Gasteiger partial charge in [-0.3, -0.25) is 0 Å². The van der Waals surface area contributed by atoms with Gasteiger partial charge >= 0.3 is 0 Å². The Hall–Kier alpha value is -6.41. The van der Waals surface area contributed by atoms with Gasteiger partial charge in [-0.15, -0.1) is 0 Å². The molecule has 1 heterocycles. The van der Waals surface area contributed by atoms with E-state index in [4.69, 9.17) is 0 Å². The number of rotatable bonds is 6. The topological polar surface area (TPSA) is 0 Å². The van der Waals surface area contributed by atoms with Crippen LogP contribution in [0.25, 0.3) is 93.2 Å². The van der Waals surface area contributed by atoms with Gasteiger partial charge in [0.1, 0.15) is 0 Å². The summed E-state index contributed by atoms with van der Waals surface area (Å²) in [7, 11) is -1.28. The molecule has 0 spiro atoms. The molecule has 10 rings (SSSR count). The normalized spacial score (nSPS) is 14.1. The summed E-state index contributed by atoms with van der Waals surface area (Å²) in [6, 6.07) is 61.5. The summed E-state index contributed by atoms with van der Waals surface area (Å²) in [4.78, 5) is 2.91. The Morgan fingerprint density at radius 3 is 1.66 bits per heavy atom. The van der Waals surface area contributed by atoms with Crippen LogP contribution in [0, 0.1) is 0 Å². The Labute approximate surface area is 331 Å². The van der Waals surface area contributed by atoms with Crippen LogP contribution in [-0.4, -0.2) is 12.5 Å². The molecule has 0 radical (unpaired) electrons. The van der Waals surface area contributed by atoms with Crippen molar-refractivity contribution in [2.45, 2.75) is 16.7 Å². The fourth-order valence-corrected chi connectivity index (χ4v) is 11.7. The fraction of sp³-hybridized carbons (Fsp3) is 0.0545. The average Bonchev–Trinajstić information content (AvgIpc) is 3.46. The predicted octanol–water partition coefficient (Wildman–Crippen LogP) is 15.9. The van der Waals surface area contributed by atoms with Gasteiger partial charge in [-0.05, 0) is 161 Å². The molecule has 1 aliphatic rings. The van der Waals surface area contributed by atoms with Crippen molar-refractivity contribution >= 4 is 58.7 Å². The van der Waals surface area contributed by atoms with Crippen LogP contribution in [-0.2, 0) is 0 Å². The molecule has 0 bridgehead atoms. The van der Waals surface area contributed by atoms with Gasteiger partial charge in [0.25, 0.3) is 0 Å². The van der Waals surface area contributed by atoms with Gasteiger partial charge in [-0.2, -0.15) is 10.0 Å². The molecule has 0 atom stereocenters. The molecule has 1 aliphatic heterocycles. The zero-order valence-corrected chi connectivity index (χ0v) is 32.8. The summed E-state index contributed by atoms with van der Waals surface area (Å²) < 4.78 is 0. The Kier molecular flexibility index (Phi) is 8.17. The van der Waals surface area contributed by atoms with E-state index in [0.717, 1.165) is 5.57 Å². The maximum Gasteiger partial charge on any atom is 0.00219 e. The molecule has 9 aromatic rings. The van der Waals surface area contributed by atoms with E-state index >= 15 is 0 Å². The Bertz CT molecular complexity index is 3120. The largest absolute Gasteiger partial charge is 0.192 e. The highest BCUT2D eigenvalue weighted by Crippen LogP contribution is 2.68. The molecule has 0 saturated heterocycles. The smallest absolute Gasteiger partial charge is 0.00219 e. The second kappa shape index (κ2) is 13.4. The van der Waals surface area contributed by atoms with Crippen molar-refractivity contribution in [3.8, 4) is 44.5 Å². The van der Waals surface area contributed by atoms with Crippen molar-refractivity contribution < 1.29 is 0 Å². The van der Waals surface area contributed by atoms with Crippen LogP contribution >= 0.6 is 10.0 Å². The molecule has 56 heavy (non-hydrogen) atoms. The first-order valence-corrected chi connectivity index (χ1v) is 21.8. The monoisotopic (exact) mass is 734 g/mol. The van der Waals surface area contributed by atoms with Gasteiger partial charge in [-0.1, -0.05) is 152 Å². The number of hydrogen-bond acceptors (Lipinski definition) is 0. The lowest BCUT2D eigenvalue weighted by Crippen LogP contribution is -1.98. The van der Waals surface area contributed by atoms with Gasteiger partial charge in [-0.25, -0.2) is 0 Å². The predicted molar refractivity (Wildman–Crippen MR) is 247 cm³/mol. The lowest BCUT2D eigenvalue weighted by Gasteiger charge is -2.29. The quantitative estimate of drug-likeness (QED) is 0.118. The molecular weight excluding hydrogens is 693 g/mol. The Morgan fingerprint density at radius 1 is 0.464 bits per heavy atom. The van der Waals surface area contributed by atoms with Gasteiger partial charge in [0, 0.05) is 9.79 Å². The van der Waals surface area contributed by atoms with Gasteiger partial charge in [0.15, 0.2) is 0 Å². The summed E-state index contributed by atoms with van der Waals surface area (Å²) >= 11 is 0. The lowest BCUT2D eigenvalue weighted by molar-refractivity contribution is 1.46. The van der Waals surface area contributed by atoms with E-state index in [1.807, 2.05) is 6.08 Å². The van der Waals surface area contributed by atoms with E-state index < -0.39 is 10.0 Å². The van der Waals surface area contributed by atoms with E-state index in [1.54, 1.807) is 0 Å². The first-order valence-electron chi connectivity index (χ1n) is 19.4. The minimum absolute atomic E-state index is 1.14. The van der Waals surface area contributed by atoms with Crippen molar-refractivity contribution in [3.63, 3.8) is 0 Å². The van der Waals surface area contributed by atoms with Gasteiger partial charge < -0.3 is 0 Å². The molecule has 9 aromatic carbocycles. The van der Waals surface area contributed by atoms with E-state index in [2.05, 4.69) is 208 Å². The third kappa shape index (κ3) is 5.30. The second-order valence-corrected chi connectivity index (χ2v) is 18.8. The zero-order chi connectivity index (χ0) is 38.0. The van der Waals surface area contributed by atoms with Crippen LogP contribution in [0.2, 0.25) is 0 Å². The van der Waals surface area contributed by atoms with Crippen molar-refractivity contribution in [1.82, 2.24) is 0 Å². The molecule has 268 valence electrons. The van der Waals surface area contributed by atoms with E-state index in [1.165, 1.54) is 103 Å². The third-order valence-corrected chi connectivity index (χ3v) is 14.6. The van der Waals surface area contributed by atoms with E-state index in [9.17, 15) is 0 Å². The van der Waals surface area contributed by atoms with Crippen LogP contribution in [0.3, 0.4) is 0 Å². The molecule has 0 saturated carbocycles. The number of fused-ring (bicyclic) bond motifs is 7. The highest BCUT2D eigenvalue weighted by Gasteiger charge is 2.33. The van der Waals surface area contributed by atoms with Crippen molar-refractivity contribution in [2.75, 3.05) is 12.5 Å². The summed E-state index contributed by atoms with van der Waals surface area (Å²) in [6.07, 6.45) is 13.4. The lowest BCUT2D eigenvalue weighted by atomic mass is 9.80. The van der Waals surface area contributed by atoms with E-state index in [-0.39, 0.29) is 0 Å². The standard InChI is InChI=1S/C55H42S/c1-5-18-36(19-6-2)45-30-38-22-10-12-24-40(38)32-48(45)55-44-28-15-14-27-43(44)54(49-33-41-25-13-11-23-39(41)31-46(49)37-20-8-7-9-21-37)50-34-47-42-26-16-17-29-52(42)56(3,4)53(47)35-51(50)55/h5-35H,1H2,2-4H3/b19-6-,36-18+. The molecule has 0 N–H and O–H groups in total. The highest BCUT2D eigenvalue weighted by atomic mass is 32.3. The summed E-state index contributed by atoms with van der Waals surface area (Å²) in [5.41, 5.74) is 12.6. The first kappa shape index (κ1) is 34.1. The van der Waals surface area contributed by atoms with E-state index in [0.29, 0.717) is 0 Å². The number of benzene rings is 9. The van der Waals surface area contributed by atoms with Crippen LogP contribution in [0.4, 0.5) is 0 Å². The molecule has 0 unspecified atom stereocenters. The fourth-order valence-electron chi connectivity index (χ4n) is 9.20. The molecule has 0 nitrogen and oxygen atoms in total. The number of hydrogen-bond donors (Lipinski definition) is 0.